The van der Waals surface area contributed by atoms with Gasteiger partial charge in [0.05, 0.1) is 11.4 Å². The van der Waals surface area contributed by atoms with Gasteiger partial charge in [-0.05, 0) is 59.3 Å². The number of benzene rings is 2. The van der Waals surface area contributed by atoms with Crippen molar-refractivity contribution < 1.29 is 9.59 Å². The second-order valence-electron chi connectivity index (χ2n) is 6.11. The highest BCUT2D eigenvalue weighted by molar-refractivity contribution is 7.13. The minimum atomic E-state index is -0.242. The highest BCUT2D eigenvalue weighted by Gasteiger charge is 2.18. The highest BCUT2D eigenvalue weighted by Crippen LogP contribution is 2.30. The summed E-state index contributed by atoms with van der Waals surface area (Å²) in [5.41, 5.74) is 10.2. The van der Waals surface area contributed by atoms with Crippen LogP contribution < -0.4 is 16.4 Å². The molecule has 0 saturated heterocycles. The molecule has 4 N–H and O–H groups in total. The minimum absolute atomic E-state index is 0.0916. The Morgan fingerprint density at radius 3 is 2.85 bits per heavy atom. The molecular weight excluding hydrogens is 346 g/mol. The van der Waals surface area contributed by atoms with Crippen molar-refractivity contribution in [1.82, 2.24) is 5.32 Å². The summed E-state index contributed by atoms with van der Waals surface area (Å²) >= 11 is 1.63. The van der Waals surface area contributed by atoms with E-state index in [0.29, 0.717) is 29.0 Å². The van der Waals surface area contributed by atoms with E-state index in [-0.39, 0.29) is 11.8 Å². The van der Waals surface area contributed by atoms with Gasteiger partial charge in [0.2, 0.25) is 0 Å². The first-order valence-electron chi connectivity index (χ1n) is 8.28. The van der Waals surface area contributed by atoms with E-state index >= 15 is 0 Å². The molecule has 0 unspecified atom stereocenters. The quantitative estimate of drug-likeness (QED) is 0.622. The number of carbonyl (C=O) groups excluding carboxylic acids is 2. The second kappa shape index (κ2) is 6.65. The topological polar surface area (TPSA) is 84.2 Å². The van der Waals surface area contributed by atoms with Gasteiger partial charge in [-0.3, -0.25) is 9.59 Å². The summed E-state index contributed by atoms with van der Waals surface area (Å²) in [4.78, 5) is 25.6. The molecule has 3 aromatic rings. The number of carbonyl (C=O) groups is 2. The predicted molar refractivity (Wildman–Crippen MR) is 105 cm³/mol. The lowest BCUT2D eigenvalue weighted by Gasteiger charge is -2.17. The number of nitrogens with two attached hydrogens (primary N) is 1. The Bertz CT molecular complexity index is 996. The van der Waals surface area contributed by atoms with Crippen molar-refractivity contribution >= 4 is 34.5 Å². The van der Waals surface area contributed by atoms with Gasteiger partial charge in [0.1, 0.15) is 0 Å². The van der Waals surface area contributed by atoms with Gasteiger partial charge in [0.25, 0.3) is 11.8 Å². The summed E-state index contributed by atoms with van der Waals surface area (Å²) in [5, 5.41) is 7.69. The third-order valence-electron chi connectivity index (χ3n) is 4.40. The smallest absolute Gasteiger partial charge is 0.255 e. The van der Waals surface area contributed by atoms with Gasteiger partial charge in [-0.2, -0.15) is 0 Å². The van der Waals surface area contributed by atoms with Crippen LogP contribution in [0.1, 0.15) is 26.3 Å². The number of hydrogen-bond acceptors (Lipinski definition) is 4. The van der Waals surface area contributed by atoms with Crippen LogP contribution in [-0.2, 0) is 6.42 Å². The third-order valence-corrected chi connectivity index (χ3v) is 5.32. The summed E-state index contributed by atoms with van der Waals surface area (Å²) < 4.78 is 0. The van der Waals surface area contributed by atoms with Gasteiger partial charge in [-0.1, -0.05) is 12.1 Å². The molecule has 0 spiro atoms. The van der Waals surface area contributed by atoms with Crippen molar-refractivity contribution in [1.29, 1.82) is 0 Å². The molecule has 2 aromatic carbocycles. The fraction of sp³-hybridized carbons (Fsp3) is 0.100. The van der Waals surface area contributed by atoms with Gasteiger partial charge in [-0.15, -0.1) is 11.3 Å². The number of nitrogen functional groups attached to an aromatic ring is 1. The molecule has 1 aromatic heterocycles. The van der Waals surface area contributed by atoms with Crippen molar-refractivity contribution in [2.75, 3.05) is 17.6 Å². The summed E-state index contributed by atoms with van der Waals surface area (Å²) in [7, 11) is 0. The van der Waals surface area contributed by atoms with Crippen LogP contribution in [0.15, 0.2) is 53.9 Å². The van der Waals surface area contributed by atoms with Crippen molar-refractivity contribution in [2.45, 2.75) is 6.42 Å². The average molecular weight is 363 g/mol. The zero-order valence-corrected chi connectivity index (χ0v) is 14.7. The molecule has 0 bridgehead atoms. The first kappa shape index (κ1) is 16.4. The lowest BCUT2D eigenvalue weighted by molar-refractivity contribution is 0.0944. The zero-order chi connectivity index (χ0) is 18.1. The van der Waals surface area contributed by atoms with Crippen LogP contribution in [0.5, 0.6) is 0 Å². The van der Waals surface area contributed by atoms with Crippen molar-refractivity contribution in [3.05, 3.63) is 70.6 Å². The Morgan fingerprint density at radius 2 is 2.04 bits per heavy atom. The van der Waals surface area contributed by atoms with Gasteiger partial charge in [-0.25, -0.2) is 0 Å². The van der Waals surface area contributed by atoms with Crippen LogP contribution in [0.3, 0.4) is 0 Å². The van der Waals surface area contributed by atoms with Gasteiger partial charge in [0, 0.05) is 22.5 Å². The number of fused-ring (bicyclic) bond motifs is 1. The second-order valence-corrected chi connectivity index (χ2v) is 7.06. The van der Waals surface area contributed by atoms with E-state index < -0.39 is 0 Å². The van der Waals surface area contributed by atoms with E-state index in [1.165, 1.54) is 0 Å². The lowest BCUT2D eigenvalue weighted by Crippen LogP contribution is -2.32. The van der Waals surface area contributed by atoms with E-state index in [4.69, 9.17) is 5.73 Å². The van der Waals surface area contributed by atoms with Crippen LogP contribution in [0, 0.1) is 0 Å². The van der Waals surface area contributed by atoms with E-state index in [1.807, 2.05) is 29.6 Å². The molecule has 130 valence electrons. The lowest BCUT2D eigenvalue weighted by atomic mass is 9.97. The molecular formula is C20H17N3O2S. The van der Waals surface area contributed by atoms with Gasteiger partial charge in [0.15, 0.2) is 0 Å². The van der Waals surface area contributed by atoms with Crippen molar-refractivity contribution in [3.63, 3.8) is 0 Å². The van der Waals surface area contributed by atoms with Crippen LogP contribution in [0.2, 0.25) is 0 Å². The molecule has 6 heteroatoms. The number of thiophene rings is 1. The molecule has 2 heterocycles. The van der Waals surface area contributed by atoms with E-state index in [1.54, 1.807) is 35.6 Å². The van der Waals surface area contributed by atoms with E-state index in [0.717, 1.165) is 22.4 Å². The van der Waals surface area contributed by atoms with Crippen LogP contribution in [0.4, 0.5) is 11.4 Å². The predicted octanol–water partition coefficient (Wildman–Crippen LogP) is 3.54. The normalized spacial score (nSPS) is 13.0. The monoisotopic (exact) mass is 363 g/mol. The Hall–Kier alpha value is -3.12. The number of hydrogen-bond donors (Lipinski definition) is 3. The Labute approximate surface area is 154 Å². The third kappa shape index (κ3) is 3.07. The number of nitrogens with one attached hydrogen (secondary N) is 2. The molecule has 26 heavy (non-hydrogen) atoms. The summed E-state index contributed by atoms with van der Waals surface area (Å²) in [6, 6.07) is 14.8. The van der Waals surface area contributed by atoms with Gasteiger partial charge >= 0.3 is 0 Å². The van der Waals surface area contributed by atoms with E-state index in [9.17, 15) is 9.59 Å². The molecule has 2 amide bonds. The molecule has 0 atom stereocenters. The maximum absolute atomic E-state index is 12.7. The molecule has 0 radical (unpaired) electrons. The first-order chi connectivity index (χ1) is 12.6. The van der Waals surface area contributed by atoms with E-state index in [2.05, 4.69) is 10.6 Å². The highest BCUT2D eigenvalue weighted by atomic mass is 32.1. The van der Waals surface area contributed by atoms with Crippen LogP contribution in [-0.4, -0.2) is 18.4 Å². The number of anilines is 2. The molecule has 0 fully saturated rings. The maximum Gasteiger partial charge on any atom is 0.255 e. The molecule has 1 aliphatic heterocycles. The van der Waals surface area contributed by atoms with Crippen LogP contribution in [0.25, 0.3) is 10.4 Å². The fourth-order valence-electron chi connectivity index (χ4n) is 3.02. The Morgan fingerprint density at radius 1 is 1.15 bits per heavy atom. The SMILES string of the molecule is Nc1ccc(-c2cccs2)cc1NC(=O)c1ccc2c(c1)CCNC2=O. The molecule has 0 aliphatic carbocycles. The average Bonchev–Trinajstić information content (AvgIpc) is 3.18. The summed E-state index contributed by atoms with van der Waals surface area (Å²) in [5.74, 6) is -0.333. The summed E-state index contributed by atoms with van der Waals surface area (Å²) in [6.07, 6.45) is 0.720. The largest absolute Gasteiger partial charge is 0.397 e. The first-order valence-corrected chi connectivity index (χ1v) is 9.15. The number of amides is 2. The van der Waals surface area contributed by atoms with Gasteiger partial charge < -0.3 is 16.4 Å². The molecule has 4 rings (SSSR count). The fourth-order valence-corrected chi connectivity index (χ4v) is 3.75. The maximum atomic E-state index is 12.7. The van der Waals surface area contributed by atoms with Crippen molar-refractivity contribution in [2.24, 2.45) is 0 Å². The van der Waals surface area contributed by atoms with Crippen LogP contribution >= 0.6 is 11.3 Å². The number of rotatable bonds is 3. The molecule has 0 saturated carbocycles. The summed E-state index contributed by atoms with van der Waals surface area (Å²) in [6.45, 7) is 0.590. The standard InChI is InChI=1S/C20H17N3O2S/c21-16-6-4-13(18-2-1-9-26-18)11-17(16)23-19(24)14-3-5-15-12(10-14)7-8-22-20(15)25/h1-6,9-11H,7-8,21H2,(H,22,25)(H,23,24). The molecule has 1 aliphatic rings. The minimum Gasteiger partial charge on any atom is -0.397 e. The van der Waals surface area contributed by atoms with Crippen molar-refractivity contribution in [3.8, 4) is 10.4 Å². The molecule has 5 nitrogen and oxygen atoms in total. The Balaban J connectivity index is 1.60. The Kier molecular flexibility index (Phi) is 4.18. The zero-order valence-electron chi connectivity index (χ0n) is 13.9.